The second-order valence-electron chi connectivity index (χ2n) is 8.84. The van der Waals surface area contributed by atoms with Crippen LogP contribution in [-0.4, -0.2) is 60.5 Å². The van der Waals surface area contributed by atoms with Gasteiger partial charge in [-0.3, -0.25) is 4.90 Å². The van der Waals surface area contributed by atoms with Crippen LogP contribution in [0.5, 0.6) is 5.75 Å². The van der Waals surface area contributed by atoms with Gasteiger partial charge < -0.3 is 24.9 Å². The zero-order valence-corrected chi connectivity index (χ0v) is 19.9. The van der Waals surface area contributed by atoms with Gasteiger partial charge >= 0.3 is 6.18 Å². The summed E-state index contributed by atoms with van der Waals surface area (Å²) < 4.78 is 59.3. The number of nitrogens with one attached hydrogen (secondary N) is 3. The number of halogens is 3. The summed E-state index contributed by atoms with van der Waals surface area (Å²) in [6, 6.07) is 7.65. The monoisotopic (exact) mass is 493 g/mol. The molecule has 3 heterocycles. The summed E-state index contributed by atoms with van der Waals surface area (Å²) in [4.78, 5) is 9.38. The van der Waals surface area contributed by atoms with Crippen LogP contribution in [0.1, 0.15) is 18.4 Å². The summed E-state index contributed by atoms with van der Waals surface area (Å²) in [5.74, 6) is 0.857. The fourth-order valence-electron chi connectivity index (χ4n) is 4.66. The molecule has 1 aliphatic carbocycles. The third kappa shape index (κ3) is 4.25. The van der Waals surface area contributed by atoms with E-state index in [0.29, 0.717) is 41.3 Å². The SMILES string of the molecule is CNc1cc(Nc2ccc(P3(=O)CCN(C4CC4)CC3)cc2OC)nc2[nH]cc(C(F)(F)F)c12. The van der Waals surface area contributed by atoms with Crippen molar-refractivity contribution >= 4 is 40.7 Å². The highest BCUT2D eigenvalue weighted by atomic mass is 31.2. The Morgan fingerprint density at radius 2 is 1.91 bits per heavy atom. The van der Waals surface area contributed by atoms with Crippen molar-refractivity contribution in [3.05, 3.63) is 36.0 Å². The number of rotatable bonds is 6. The van der Waals surface area contributed by atoms with E-state index in [2.05, 4.69) is 25.5 Å². The molecule has 0 radical (unpaired) electrons. The summed E-state index contributed by atoms with van der Waals surface area (Å²) in [5.41, 5.74) is 0.226. The fraction of sp³-hybridized carbons (Fsp3) is 0.435. The summed E-state index contributed by atoms with van der Waals surface area (Å²) in [6.07, 6.45) is 0.242. The molecule has 1 saturated heterocycles. The van der Waals surface area contributed by atoms with Gasteiger partial charge in [-0.1, -0.05) is 0 Å². The lowest BCUT2D eigenvalue weighted by Gasteiger charge is -2.32. The van der Waals surface area contributed by atoms with Gasteiger partial charge in [0.15, 0.2) is 0 Å². The van der Waals surface area contributed by atoms with E-state index in [0.717, 1.165) is 24.6 Å². The number of hydrogen-bond donors (Lipinski definition) is 3. The number of aromatic nitrogens is 2. The van der Waals surface area contributed by atoms with Gasteiger partial charge in [-0.25, -0.2) is 4.98 Å². The minimum atomic E-state index is -4.49. The molecule has 2 aromatic heterocycles. The zero-order valence-electron chi connectivity index (χ0n) is 19.0. The van der Waals surface area contributed by atoms with Gasteiger partial charge in [0, 0.05) is 61.8 Å². The van der Waals surface area contributed by atoms with E-state index in [4.69, 9.17) is 4.74 Å². The van der Waals surface area contributed by atoms with E-state index in [1.165, 1.54) is 26.0 Å². The standard InChI is InChI=1S/C23H27F3N5O2P/c1-27-18-12-20(30-22-21(18)16(13-28-22)23(24,25)26)29-17-6-5-15(11-19(17)33-2)34(32)9-7-31(8-10-34)14-3-4-14/h5-6,11-14H,3-4,7-10H2,1-2H3,(H3,27,28,29,30). The van der Waals surface area contributed by atoms with Crippen molar-refractivity contribution < 1.29 is 22.5 Å². The summed E-state index contributed by atoms with van der Waals surface area (Å²) in [7, 11) is 0.594. The van der Waals surface area contributed by atoms with E-state index >= 15 is 0 Å². The summed E-state index contributed by atoms with van der Waals surface area (Å²) in [5, 5.41) is 6.74. The maximum atomic E-state index is 13.7. The quantitative estimate of drug-likeness (QED) is 0.427. The largest absolute Gasteiger partial charge is 0.495 e. The first kappa shape index (κ1) is 23.1. The number of hydrogen-bond acceptors (Lipinski definition) is 6. The molecule has 0 bridgehead atoms. The molecule has 0 atom stereocenters. The van der Waals surface area contributed by atoms with Crippen molar-refractivity contribution in [1.82, 2.24) is 14.9 Å². The van der Waals surface area contributed by atoms with Gasteiger partial charge in [-0.05, 0) is 31.0 Å². The Labute approximate surface area is 195 Å². The molecule has 1 aromatic carbocycles. The Morgan fingerprint density at radius 1 is 1.18 bits per heavy atom. The highest BCUT2D eigenvalue weighted by molar-refractivity contribution is 7.71. The lowest BCUT2D eigenvalue weighted by molar-refractivity contribution is -0.136. The molecule has 11 heteroatoms. The molecule has 0 unspecified atom stereocenters. The Balaban J connectivity index is 1.42. The third-order valence-corrected chi connectivity index (χ3v) is 9.76. The molecule has 0 spiro atoms. The van der Waals surface area contributed by atoms with Crippen LogP contribution >= 0.6 is 7.14 Å². The van der Waals surface area contributed by atoms with E-state index < -0.39 is 18.9 Å². The molecule has 182 valence electrons. The van der Waals surface area contributed by atoms with Crippen molar-refractivity contribution in [1.29, 1.82) is 0 Å². The van der Waals surface area contributed by atoms with Gasteiger partial charge in [-0.2, -0.15) is 13.2 Å². The Hall–Kier alpha value is -2.71. The number of alkyl halides is 3. The highest BCUT2D eigenvalue weighted by Crippen LogP contribution is 2.49. The van der Waals surface area contributed by atoms with Gasteiger partial charge in [0.2, 0.25) is 0 Å². The predicted molar refractivity (Wildman–Crippen MR) is 128 cm³/mol. The number of nitrogens with zero attached hydrogens (tertiary/aromatic N) is 2. The van der Waals surface area contributed by atoms with Crippen LogP contribution in [0.25, 0.3) is 11.0 Å². The van der Waals surface area contributed by atoms with Crippen LogP contribution in [0.2, 0.25) is 0 Å². The van der Waals surface area contributed by atoms with Crippen molar-refractivity contribution in [3.63, 3.8) is 0 Å². The minimum Gasteiger partial charge on any atom is -0.495 e. The Morgan fingerprint density at radius 3 is 2.53 bits per heavy atom. The fourth-order valence-corrected chi connectivity index (χ4v) is 7.26. The second-order valence-corrected chi connectivity index (χ2v) is 12.0. The molecule has 1 aliphatic heterocycles. The summed E-state index contributed by atoms with van der Waals surface area (Å²) in [6.45, 7) is 1.72. The van der Waals surface area contributed by atoms with Gasteiger partial charge in [0.1, 0.15) is 24.4 Å². The van der Waals surface area contributed by atoms with Crippen LogP contribution in [0.4, 0.5) is 30.4 Å². The molecule has 7 nitrogen and oxygen atoms in total. The van der Waals surface area contributed by atoms with Crippen LogP contribution in [0.3, 0.4) is 0 Å². The Kier molecular flexibility index (Phi) is 5.76. The van der Waals surface area contributed by atoms with E-state index in [9.17, 15) is 17.7 Å². The molecule has 2 aliphatic rings. The average molecular weight is 493 g/mol. The predicted octanol–water partition coefficient (Wildman–Crippen LogP) is 4.84. The maximum Gasteiger partial charge on any atom is 0.418 e. The molecule has 34 heavy (non-hydrogen) atoms. The lowest BCUT2D eigenvalue weighted by atomic mass is 10.1. The number of fused-ring (bicyclic) bond motifs is 1. The minimum absolute atomic E-state index is 0.0153. The Bertz CT molecular complexity index is 1260. The highest BCUT2D eigenvalue weighted by Gasteiger charge is 2.37. The van der Waals surface area contributed by atoms with Crippen LogP contribution in [0, 0.1) is 0 Å². The number of benzene rings is 1. The molecular weight excluding hydrogens is 466 g/mol. The normalized spacial score (nSPS) is 18.7. The second kappa shape index (κ2) is 8.50. The third-order valence-electron chi connectivity index (χ3n) is 6.70. The number of aromatic amines is 1. The van der Waals surface area contributed by atoms with Crippen LogP contribution in [-0.2, 0) is 10.7 Å². The van der Waals surface area contributed by atoms with Crippen molar-refractivity contribution in [2.45, 2.75) is 25.1 Å². The number of ether oxygens (including phenoxy) is 1. The van der Waals surface area contributed by atoms with E-state index in [1.807, 2.05) is 12.1 Å². The van der Waals surface area contributed by atoms with Crippen molar-refractivity contribution in [2.75, 3.05) is 50.2 Å². The summed E-state index contributed by atoms with van der Waals surface area (Å²) >= 11 is 0. The van der Waals surface area contributed by atoms with E-state index in [1.54, 1.807) is 13.1 Å². The number of H-pyrrole nitrogens is 1. The molecule has 5 rings (SSSR count). The molecular formula is C23H27F3N5O2P. The first-order chi connectivity index (χ1) is 16.2. The van der Waals surface area contributed by atoms with Gasteiger partial charge in [0.05, 0.1) is 23.7 Å². The zero-order chi connectivity index (χ0) is 24.1. The number of methoxy groups -OCH3 is 1. The molecule has 3 aromatic rings. The maximum absolute atomic E-state index is 13.7. The van der Waals surface area contributed by atoms with Crippen LogP contribution in [0.15, 0.2) is 30.5 Å². The number of pyridine rings is 1. The topological polar surface area (TPSA) is 82.3 Å². The van der Waals surface area contributed by atoms with Gasteiger partial charge in [-0.15, -0.1) is 0 Å². The van der Waals surface area contributed by atoms with Gasteiger partial charge in [0.25, 0.3) is 0 Å². The average Bonchev–Trinajstić information content (AvgIpc) is 3.56. The first-order valence-corrected chi connectivity index (χ1v) is 13.3. The molecule has 1 saturated carbocycles. The lowest BCUT2D eigenvalue weighted by Crippen LogP contribution is -2.38. The molecule has 2 fully saturated rings. The molecule has 3 N–H and O–H groups in total. The van der Waals surface area contributed by atoms with Crippen molar-refractivity contribution in [2.24, 2.45) is 0 Å². The van der Waals surface area contributed by atoms with Crippen LogP contribution < -0.4 is 20.7 Å². The van der Waals surface area contributed by atoms with Crippen molar-refractivity contribution in [3.8, 4) is 5.75 Å². The first-order valence-electron chi connectivity index (χ1n) is 11.3. The number of anilines is 3. The smallest absolute Gasteiger partial charge is 0.418 e. The molecule has 0 amide bonds. The van der Waals surface area contributed by atoms with E-state index in [-0.39, 0.29) is 11.0 Å².